The molecule has 1 amide bonds. The minimum atomic E-state index is 0.0737. The largest absolute Gasteiger partial charge is 0.353 e. The van der Waals surface area contributed by atoms with E-state index in [1.54, 1.807) is 17.4 Å². The Hall–Kier alpha value is -2.45. The van der Waals surface area contributed by atoms with Crippen molar-refractivity contribution in [2.24, 2.45) is 0 Å². The van der Waals surface area contributed by atoms with Crippen LogP contribution in [0.2, 0.25) is 0 Å². The number of amides is 1. The van der Waals surface area contributed by atoms with E-state index in [2.05, 4.69) is 44.1 Å². The second-order valence-corrected chi connectivity index (χ2v) is 8.18. The molecular formula is C20H26N6OS. The summed E-state index contributed by atoms with van der Waals surface area (Å²) in [5.74, 6) is 1.91. The average Bonchev–Trinajstić information content (AvgIpc) is 3.27. The number of carbonyl (C=O) groups excluding carboxylic acids is 1. The molecule has 0 spiro atoms. The fourth-order valence-corrected chi connectivity index (χ4v) is 4.11. The van der Waals surface area contributed by atoms with E-state index in [9.17, 15) is 4.79 Å². The number of nitrogens with zero attached hydrogens (tertiary/aromatic N) is 6. The topological polar surface area (TPSA) is 55.8 Å². The molecule has 2 aromatic heterocycles. The molecule has 0 bridgehead atoms. The van der Waals surface area contributed by atoms with Gasteiger partial charge in [0.1, 0.15) is 0 Å². The van der Waals surface area contributed by atoms with Crippen LogP contribution in [0.15, 0.2) is 35.7 Å². The van der Waals surface area contributed by atoms with Crippen LogP contribution < -0.4 is 9.80 Å². The summed E-state index contributed by atoms with van der Waals surface area (Å²) in [6, 6.07) is 8.12. The molecule has 28 heavy (non-hydrogen) atoms. The van der Waals surface area contributed by atoms with E-state index in [4.69, 9.17) is 0 Å². The summed E-state index contributed by atoms with van der Waals surface area (Å²) in [6.45, 7) is 7.06. The maximum Gasteiger partial charge on any atom is 0.246 e. The van der Waals surface area contributed by atoms with Crippen molar-refractivity contribution in [1.82, 2.24) is 20.0 Å². The molecule has 0 saturated carbocycles. The first-order valence-electron chi connectivity index (χ1n) is 9.72. The molecule has 8 heteroatoms. The van der Waals surface area contributed by atoms with Crippen LogP contribution in [0.5, 0.6) is 0 Å². The van der Waals surface area contributed by atoms with Gasteiger partial charge in [-0.3, -0.25) is 4.79 Å². The van der Waals surface area contributed by atoms with Gasteiger partial charge in [-0.1, -0.05) is 6.07 Å². The zero-order valence-electron chi connectivity index (χ0n) is 16.2. The Kier molecular flexibility index (Phi) is 5.87. The highest BCUT2D eigenvalue weighted by molar-refractivity contribution is 7.10. The highest BCUT2D eigenvalue weighted by atomic mass is 32.1. The van der Waals surface area contributed by atoms with E-state index in [0.717, 1.165) is 55.8 Å². The molecule has 2 fully saturated rings. The third-order valence-corrected chi connectivity index (χ3v) is 6.15. The summed E-state index contributed by atoms with van der Waals surface area (Å²) in [7, 11) is 2.15. The van der Waals surface area contributed by atoms with Crippen molar-refractivity contribution in [3.8, 4) is 0 Å². The van der Waals surface area contributed by atoms with Gasteiger partial charge in [0.05, 0.1) is 0 Å². The number of thiophene rings is 1. The zero-order valence-corrected chi connectivity index (χ0v) is 17.0. The fourth-order valence-electron chi connectivity index (χ4n) is 3.49. The van der Waals surface area contributed by atoms with Gasteiger partial charge in [-0.05, 0) is 36.7 Å². The second-order valence-electron chi connectivity index (χ2n) is 7.20. The highest BCUT2D eigenvalue weighted by Gasteiger charge is 2.21. The van der Waals surface area contributed by atoms with Crippen LogP contribution in [0.3, 0.4) is 0 Å². The van der Waals surface area contributed by atoms with E-state index >= 15 is 0 Å². The Morgan fingerprint density at radius 2 is 1.54 bits per heavy atom. The van der Waals surface area contributed by atoms with Crippen molar-refractivity contribution in [3.05, 3.63) is 40.6 Å². The van der Waals surface area contributed by atoms with Gasteiger partial charge in [0.25, 0.3) is 0 Å². The number of carbonyl (C=O) groups is 1. The molecule has 0 atom stereocenters. The summed E-state index contributed by atoms with van der Waals surface area (Å²) >= 11 is 1.63. The molecule has 0 aliphatic carbocycles. The number of likely N-dealkylation sites (N-methyl/N-ethyl adjacent to an activating group) is 1. The predicted molar refractivity (Wildman–Crippen MR) is 114 cm³/mol. The first-order valence-corrected chi connectivity index (χ1v) is 10.6. The van der Waals surface area contributed by atoms with Crippen molar-refractivity contribution >= 4 is 35.0 Å². The molecule has 4 heterocycles. The first-order chi connectivity index (χ1) is 13.7. The summed E-state index contributed by atoms with van der Waals surface area (Å²) in [5.41, 5.74) is 0. The van der Waals surface area contributed by atoms with Gasteiger partial charge in [0.15, 0.2) is 11.6 Å². The summed E-state index contributed by atoms with van der Waals surface area (Å²) in [4.78, 5) is 22.2. The lowest BCUT2D eigenvalue weighted by Gasteiger charge is -2.35. The normalized spacial score (nSPS) is 18.8. The number of anilines is 2. The van der Waals surface area contributed by atoms with Gasteiger partial charge in [-0.25, -0.2) is 0 Å². The Labute approximate surface area is 169 Å². The summed E-state index contributed by atoms with van der Waals surface area (Å²) in [6.07, 6.45) is 3.56. The minimum Gasteiger partial charge on any atom is -0.353 e. The van der Waals surface area contributed by atoms with Crippen LogP contribution in [0.1, 0.15) is 4.88 Å². The second kappa shape index (κ2) is 8.70. The molecule has 0 radical (unpaired) electrons. The van der Waals surface area contributed by atoms with Crippen LogP contribution in [0.4, 0.5) is 11.6 Å². The van der Waals surface area contributed by atoms with Crippen LogP contribution in [-0.2, 0) is 4.79 Å². The summed E-state index contributed by atoms with van der Waals surface area (Å²) < 4.78 is 0. The minimum absolute atomic E-state index is 0.0737. The van der Waals surface area contributed by atoms with Crippen molar-refractivity contribution in [3.63, 3.8) is 0 Å². The molecule has 4 rings (SSSR count). The van der Waals surface area contributed by atoms with Crippen molar-refractivity contribution in [2.75, 3.05) is 69.2 Å². The Morgan fingerprint density at radius 1 is 0.929 bits per heavy atom. The molecule has 148 valence electrons. The predicted octanol–water partition coefficient (Wildman–Crippen LogP) is 1.65. The van der Waals surface area contributed by atoms with Crippen LogP contribution in [0, 0.1) is 0 Å². The van der Waals surface area contributed by atoms with Crippen LogP contribution >= 0.6 is 11.3 Å². The lowest BCUT2D eigenvalue weighted by molar-refractivity contribution is -0.126. The SMILES string of the molecule is CN1CCN(c2ccc(N3CCN(C(=O)/C=C/c4cccs4)CC3)nn2)CC1. The van der Waals surface area contributed by atoms with Gasteiger partial charge in [0, 0.05) is 63.3 Å². The van der Waals surface area contributed by atoms with Gasteiger partial charge < -0.3 is 19.6 Å². The number of aromatic nitrogens is 2. The Balaban J connectivity index is 1.29. The molecule has 0 aromatic carbocycles. The molecule has 0 unspecified atom stereocenters. The van der Waals surface area contributed by atoms with Gasteiger partial charge >= 0.3 is 0 Å². The van der Waals surface area contributed by atoms with Crippen molar-refractivity contribution in [1.29, 1.82) is 0 Å². The third kappa shape index (κ3) is 4.51. The van der Waals surface area contributed by atoms with E-state index in [1.165, 1.54) is 0 Å². The molecule has 0 N–H and O–H groups in total. The molecular weight excluding hydrogens is 372 g/mol. The maximum atomic E-state index is 12.4. The number of rotatable bonds is 4. The lowest BCUT2D eigenvalue weighted by atomic mass is 10.3. The van der Waals surface area contributed by atoms with Crippen LogP contribution in [-0.4, -0.2) is 85.3 Å². The monoisotopic (exact) mass is 398 g/mol. The van der Waals surface area contributed by atoms with Crippen molar-refractivity contribution in [2.45, 2.75) is 0 Å². The summed E-state index contributed by atoms with van der Waals surface area (Å²) in [5, 5.41) is 10.9. The maximum absolute atomic E-state index is 12.4. The van der Waals surface area contributed by atoms with E-state index in [1.807, 2.05) is 28.5 Å². The third-order valence-electron chi connectivity index (χ3n) is 5.31. The smallest absolute Gasteiger partial charge is 0.246 e. The average molecular weight is 399 g/mol. The molecule has 2 aliphatic rings. The fraction of sp³-hybridized carbons (Fsp3) is 0.450. The molecule has 2 aliphatic heterocycles. The van der Waals surface area contributed by atoms with Crippen molar-refractivity contribution < 1.29 is 4.79 Å². The standard InChI is InChI=1S/C20H26N6OS/c1-23-8-10-24(11-9-23)18-5-6-19(22-21-18)25-12-14-26(15-13-25)20(27)7-4-17-3-2-16-28-17/h2-7,16H,8-15H2,1H3/b7-4+. The van der Waals surface area contributed by atoms with Gasteiger partial charge in [-0.15, -0.1) is 21.5 Å². The van der Waals surface area contributed by atoms with E-state index in [0.29, 0.717) is 13.1 Å². The van der Waals surface area contributed by atoms with Gasteiger partial charge in [-0.2, -0.15) is 0 Å². The number of hydrogen-bond acceptors (Lipinski definition) is 7. The van der Waals surface area contributed by atoms with Gasteiger partial charge in [0.2, 0.25) is 5.91 Å². The Bertz CT molecular complexity index is 791. The number of hydrogen-bond donors (Lipinski definition) is 0. The number of piperazine rings is 2. The first kappa shape index (κ1) is 18.9. The molecule has 2 saturated heterocycles. The molecule has 7 nitrogen and oxygen atoms in total. The highest BCUT2D eigenvalue weighted by Crippen LogP contribution is 2.18. The Morgan fingerprint density at radius 3 is 2.07 bits per heavy atom. The zero-order chi connectivity index (χ0) is 19.3. The lowest BCUT2D eigenvalue weighted by Crippen LogP contribution is -2.48. The quantitative estimate of drug-likeness (QED) is 0.730. The van der Waals surface area contributed by atoms with Crippen LogP contribution in [0.25, 0.3) is 6.08 Å². The molecule has 2 aromatic rings. The van der Waals surface area contributed by atoms with E-state index in [-0.39, 0.29) is 5.91 Å². The van der Waals surface area contributed by atoms with E-state index < -0.39 is 0 Å².